The SMILES string of the molecule is Cn1cc(C(F)(F)F)nc1[C@H]1CCCN(Cc2noc(C3CC3)n2)C1. The summed E-state index contributed by atoms with van der Waals surface area (Å²) >= 11 is 0. The van der Waals surface area contributed by atoms with Gasteiger partial charge in [0.1, 0.15) is 5.82 Å². The fourth-order valence-corrected chi connectivity index (χ4v) is 3.43. The van der Waals surface area contributed by atoms with E-state index in [0.29, 0.717) is 36.5 Å². The van der Waals surface area contributed by atoms with E-state index in [1.54, 1.807) is 7.05 Å². The molecule has 1 aliphatic carbocycles. The van der Waals surface area contributed by atoms with E-state index in [4.69, 9.17) is 4.52 Å². The van der Waals surface area contributed by atoms with Crippen molar-refractivity contribution in [1.29, 1.82) is 0 Å². The van der Waals surface area contributed by atoms with E-state index >= 15 is 0 Å². The van der Waals surface area contributed by atoms with Gasteiger partial charge in [-0.2, -0.15) is 18.2 Å². The van der Waals surface area contributed by atoms with E-state index in [9.17, 15) is 13.2 Å². The fraction of sp³-hybridized carbons (Fsp3) is 0.688. The molecule has 25 heavy (non-hydrogen) atoms. The molecule has 136 valence electrons. The van der Waals surface area contributed by atoms with Crippen LogP contribution >= 0.6 is 0 Å². The van der Waals surface area contributed by atoms with E-state index in [1.165, 1.54) is 4.57 Å². The van der Waals surface area contributed by atoms with Gasteiger partial charge in [0.25, 0.3) is 0 Å². The lowest BCUT2D eigenvalue weighted by Gasteiger charge is -2.31. The summed E-state index contributed by atoms with van der Waals surface area (Å²) in [7, 11) is 1.62. The molecule has 1 saturated heterocycles. The highest BCUT2D eigenvalue weighted by atomic mass is 19.4. The Bertz CT molecular complexity index is 749. The van der Waals surface area contributed by atoms with Gasteiger partial charge >= 0.3 is 6.18 Å². The van der Waals surface area contributed by atoms with Crippen LogP contribution in [-0.4, -0.2) is 37.7 Å². The van der Waals surface area contributed by atoms with E-state index < -0.39 is 11.9 Å². The standard InChI is InChI=1S/C16H20F3N5O/c1-23-8-12(16(17,18)19)20-14(23)11-3-2-6-24(7-11)9-13-21-15(25-22-13)10-4-5-10/h8,10-11H,2-7,9H2,1H3/t11-/m0/s1. The normalized spacial score (nSPS) is 22.5. The number of alkyl halides is 3. The third-order valence-electron chi connectivity index (χ3n) is 4.85. The number of aromatic nitrogens is 4. The number of imidazole rings is 1. The second-order valence-corrected chi connectivity index (χ2v) is 6.99. The Kier molecular flexibility index (Phi) is 4.05. The molecule has 0 N–H and O–H groups in total. The van der Waals surface area contributed by atoms with Gasteiger partial charge in [-0.1, -0.05) is 5.16 Å². The number of hydrogen-bond donors (Lipinski definition) is 0. The molecule has 2 aliphatic rings. The largest absolute Gasteiger partial charge is 0.434 e. The Balaban J connectivity index is 1.44. The molecule has 1 aliphatic heterocycles. The van der Waals surface area contributed by atoms with Crippen LogP contribution < -0.4 is 0 Å². The van der Waals surface area contributed by atoms with Gasteiger partial charge in [0.05, 0.1) is 6.54 Å². The van der Waals surface area contributed by atoms with Crippen LogP contribution in [0.2, 0.25) is 0 Å². The first kappa shape index (κ1) is 16.6. The summed E-state index contributed by atoms with van der Waals surface area (Å²) in [6.45, 7) is 2.08. The molecule has 6 nitrogen and oxygen atoms in total. The molecular formula is C16H20F3N5O. The van der Waals surface area contributed by atoms with Gasteiger partial charge in [0.2, 0.25) is 5.89 Å². The average Bonchev–Trinajstić information content (AvgIpc) is 3.17. The van der Waals surface area contributed by atoms with Crippen LogP contribution in [0.5, 0.6) is 0 Å². The van der Waals surface area contributed by atoms with E-state index in [1.807, 2.05) is 0 Å². The van der Waals surface area contributed by atoms with Crippen LogP contribution in [0.25, 0.3) is 0 Å². The number of aryl methyl sites for hydroxylation is 1. The van der Waals surface area contributed by atoms with Gasteiger partial charge in [0.15, 0.2) is 11.5 Å². The molecule has 0 radical (unpaired) electrons. The smallest absolute Gasteiger partial charge is 0.339 e. The number of halogens is 3. The molecular weight excluding hydrogens is 335 g/mol. The summed E-state index contributed by atoms with van der Waals surface area (Å²) < 4.78 is 45.4. The Morgan fingerprint density at radius 2 is 2.00 bits per heavy atom. The number of piperidine rings is 1. The molecule has 0 aromatic carbocycles. The van der Waals surface area contributed by atoms with E-state index in [-0.39, 0.29) is 5.92 Å². The molecule has 4 rings (SSSR count). The Hall–Kier alpha value is -1.90. The lowest BCUT2D eigenvalue weighted by atomic mass is 9.97. The predicted octanol–water partition coefficient (Wildman–Crippen LogP) is 3.08. The summed E-state index contributed by atoms with van der Waals surface area (Å²) in [6.07, 6.45) is 0.607. The summed E-state index contributed by atoms with van der Waals surface area (Å²) in [4.78, 5) is 10.4. The monoisotopic (exact) mass is 355 g/mol. The summed E-state index contributed by atoms with van der Waals surface area (Å²) in [5.74, 6) is 2.25. The van der Waals surface area contributed by atoms with Crippen LogP contribution in [-0.2, 0) is 19.8 Å². The first-order valence-corrected chi connectivity index (χ1v) is 8.55. The third kappa shape index (κ3) is 3.56. The summed E-state index contributed by atoms with van der Waals surface area (Å²) in [5.41, 5.74) is -0.825. The molecule has 1 atom stereocenters. The van der Waals surface area contributed by atoms with Crippen LogP contribution in [0.4, 0.5) is 13.2 Å². The Morgan fingerprint density at radius 1 is 1.20 bits per heavy atom. The predicted molar refractivity (Wildman–Crippen MR) is 81.7 cm³/mol. The third-order valence-corrected chi connectivity index (χ3v) is 4.85. The van der Waals surface area contributed by atoms with Crippen LogP contribution in [0.3, 0.4) is 0 Å². The number of hydrogen-bond acceptors (Lipinski definition) is 5. The van der Waals surface area contributed by atoms with Crippen molar-refractivity contribution in [2.75, 3.05) is 13.1 Å². The van der Waals surface area contributed by atoms with Gasteiger partial charge in [-0.05, 0) is 32.2 Å². The molecule has 9 heteroatoms. The molecule has 0 bridgehead atoms. The zero-order valence-electron chi connectivity index (χ0n) is 14.0. The minimum absolute atomic E-state index is 0.0235. The van der Waals surface area contributed by atoms with Crippen molar-refractivity contribution in [1.82, 2.24) is 24.6 Å². The maximum Gasteiger partial charge on any atom is 0.434 e. The average molecular weight is 355 g/mol. The van der Waals surface area contributed by atoms with Crippen molar-refractivity contribution in [2.24, 2.45) is 7.05 Å². The van der Waals surface area contributed by atoms with Gasteiger partial charge in [-0.15, -0.1) is 0 Å². The maximum atomic E-state index is 12.9. The molecule has 3 heterocycles. The Labute approximate surface area is 143 Å². The molecule has 0 amide bonds. The molecule has 1 saturated carbocycles. The number of nitrogens with zero attached hydrogens (tertiary/aromatic N) is 5. The minimum atomic E-state index is -4.41. The molecule has 2 fully saturated rings. The molecule has 2 aromatic heterocycles. The zero-order valence-corrected chi connectivity index (χ0v) is 14.0. The summed E-state index contributed by atoms with van der Waals surface area (Å²) in [6, 6.07) is 0. The number of likely N-dealkylation sites (tertiary alicyclic amines) is 1. The van der Waals surface area contributed by atoms with Crippen LogP contribution in [0, 0.1) is 0 Å². The van der Waals surface area contributed by atoms with E-state index in [2.05, 4.69) is 20.0 Å². The lowest BCUT2D eigenvalue weighted by molar-refractivity contribution is -0.141. The van der Waals surface area contributed by atoms with Crippen molar-refractivity contribution < 1.29 is 17.7 Å². The van der Waals surface area contributed by atoms with Crippen molar-refractivity contribution in [3.63, 3.8) is 0 Å². The Morgan fingerprint density at radius 3 is 2.68 bits per heavy atom. The van der Waals surface area contributed by atoms with Gasteiger partial charge < -0.3 is 9.09 Å². The summed E-state index contributed by atoms with van der Waals surface area (Å²) in [5, 5.41) is 4.03. The number of rotatable bonds is 4. The molecule has 2 aromatic rings. The van der Waals surface area contributed by atoms with Gasteiger partial charge in [-0.3, -0.25) is 4.90 Å². The first-order valence-electron chi connectivity index (χ1n) is 8.55. The van der Waals surface area contributed by atoms with Crippen LogP contribution in [0.1, 0.15) is 60.8 Å². The first-order chi connectivity index (χ1) is 11.9. The minimum Gasteiger partial charge on any atom is -0.339 e. The molecule has 0 unspecified atom stereocenters. The highest BCUT2D eigenvalue weighted by Gasteiger charge is 2.36. The van der Waals surface area contributed by atoms with Crippen molar-refractivity contribution in [3.8, 4) is 0 Å². The second-order valence-electron chi connectivity index (χ2n) is 6.99. The van der Waals surface area contributed by atoms with Gasteiger partial charge in [-0.25, -0.2) is 4.98 Å². The van der Waals surface area contributed by atoms with Crippen LogP contribution in [0.15, 0.2) is 10.7 Å². The lowest BCUT2D eigenvalue weighted by Crippen LogP contribution is -2.35. The van der Waals surface area contributed by atoms with Gasteiger partial charge in [0, 0.05) is 31.6 Å². The van der Waals surface area contributed by atoms with E-state index in [0.717, 1.165) is 38.4 Å². The maximum absolute atomic E-state index is 12.9. The highest BCUT2D eigenvalue weighted by molar-refractivity contribution is 5.12. The second kappa shape index (κ2) is 6.12. The topological polar surface area (TPSA) is 60.0 Å². The fourth-order valence-electron chi connectivity index (χ4n) is 3.43. The highest BCUT2D eigenvalue weighted by Crippen LogP contribution is 2.39. The van der Waals surface area contributed by atoms with Crippen molar-refractivity contribution >= 4 is 0 Å². The molecule has 0 spiro atoms. The van der Waals surface area contributed by atoms with Crippen molar-refractivity contribution in [3.05, 3.63) is 29.4 Å². The van der Waals surface area contributed by atoms with Crippen molar-refractivity contribution in [2.45, 2.75) is 50.2 Å². The zero-order chi connectivity index (χ0) is 17.6. The quantitative estimate of drug-likeness (QED) is 0.844.